The Morgan fingerprint density at radius 2 is 2.43 bits per heavy atom. The summed E-state index contributed by atoms with van der Waals surface area (Å²) in [6, 6.07) is 2.17. The van der Waals surface area contributed by atoms with E-state index in [1.54, 1.807) is 6.07 Å². The second-order valence-corrected chi connectivity index (χ2v) is 4.22. The van der Waals surface area contributed by atoms with Crippen LogP contribution >= 0.6 is 15.9 Å². The molecule has 3 nitrogen and oxygen atoms in total. The molecule has 1 saturated carbocycles. The zero-order valence-electron chi connectivity index (χ0n) is 7.78. The number of halogens is 1. The van der Waals surface area contributed by atoms with Gasteiger partial charge in [-0.15, -0.1) is 0 Å². The molecule has 0 aromatic carbocycles. The molecule has 4 heteroatoms. The van der Waals surface area contributed by atoms with Gasteiger partial charge in [-0.3, -0.25) is 4.79 Å². The van der Waals surface area contributed by atoms with Gasteiger partial charge in [-0.05, 0) is 18.9 Å². The lowest BCUT2D eigenvalue weighted by Crippen LogP contribution is -2.34. The van der Waals surface area contributed by atoms with Gasteiger partial charge in [0.05, 0.1) is 11.8 Å². The van der Waals surface area contributed by atoms with Crippen LogP contribution in [0.15, 0.2) is 23.0 Å². The molecule has 0 saturated heterocycles. The highest BCUT2D eigenvalue weighted by Gasteiger charge is 2.32. The summed E-state index contributed by atoms with van der Waals surface area (Å²) in [5.74, 6) is 0.0840. The van der Waals surface area contributed by atoms with Gasteiger partial charge >= 0.3 is 0 Å². The van der Waals surface area contributed by atoms with Crippen molar-refractivity contribution in [3.05, 3.63) is 24.2 Å². The lowest BCUT2D eigenvalue weighted by atomic mass is 10.3. The van der Waals surface area contributed by atoms with Crippen molar-refractivity contribution >= 4 is 21.8 Å². The van der Waals surface area contributed by atoms with E-state index in [4.69, 9.17) is 4.42 Å². The normalized spacial score (nSPS) is 15.5. The fraction of sp³-hybridized carbons (Fsp3) is 0.500. The largest absolute Gasteiger partial charge is 0.472 e. The average Bonchev–Trinajstić information content (AvgIpc) is 2.88. The summed E-state index contributed by atoms with van der Waals surface area (Å²) in [6.45, 7) is 0.772. The van der Waals surface area contributed by atoms with Crippen LogP contribution in [0.1, 0.15) is 23.2 Å². The first-order chi connectivity index (χ1) is 6.83. The summed E-state index contributed by atoms with van der Waals surface area (Å²) >= 11 is 3.36. The average molecular weight is 258 g/mol. The molecule has 1 aromatic heterocycles. The van der Waals surface area contributed by atoms with Gasteiger partial charge in [-0.25, -0.2) is 0 Å². The Bertz CT molecular complexity index is 306. The Morgan fingerprint density at radius 3 is 2.93 bits per heavy atom. The molecule has 0 bridgehead atoms. The number of amides is 1. The van der Waals surface area contributed by atoms with E-state index in [2.05, 4.69) is 15.9 Å². The maximum Gasteiger partial charge on any atom is 0.257 e. The second kappa shape index (κ2) is 4.17. The lowest BCUT2D eigenvalue weighted by molar-refractivity contribution is 0.0754. The maximum absolute atomic E-state index is 11.9. The number of hydrogen-bond acceptors (Lipinski definition) is 2. The number of carbonyl (C=O) groups is 1. The van der Waals surface area contributed by atoms with Crippen LogP contribution in [0.2, 0.25) is 0 Å². The quantitative estimate of drug-likeness (QED) is 0.776. The Morgan fingerprint density at radius 1 is 1.64 bits per heavy atom. The molecule has 1 fully saturated rings. The molecule has 2 rings (SSSR count). The van der Waals surface area contributed by atoms with E-state index in [-0.39, 0.29) is 5.91 Å². The van der Waals surface area contributed by atoms with Crippen molar-refractivity contribution in [1.29, 1.82) is 0 Å². The van der Waals surface area contributed by atoms with Gasteiger partial charge in [0.15, 0.2) is 0 Å². The van der Waals surface area contributed by atoms with E-state index < -0.39 is 0 Å². The molecule has 1 aliphatic carbocycles. The van der Waals surface area contributed by atoms with E-state index in [9.17, 15) is 4.79 Å². The predicted octanol–water partition coefficient (Wildman–Crippen LogP) is 2.28. The highest BCUT2D eigenvalue weighted by molar-refractivity contribution is 9.09. The van der Waals surface area contributed by atoms with Crippen molar-refractivity contribution in [2.24, 2.45) is 0 Å². The number of carbonyl (C=O) groups excluding carboxylic acids is 1. The van der Waals surface area contributed by atoms with Gasteiger partial charge in [0.2, 0.25) is 0 Å². The van der Waals surface area contributed by atoms with Crippen LogP contribution in [0.25, 0.3) is 0 Å². The van der Waals surface area contributed by atoms with Crippen molar-refractivity contribution in [2.75, 3.05) is 11.9 Å². The highest BCUT2D eigenvalue weighted by atomic mass is 79.9. The summed E-state index contributed by atoms with van der Waals surface area (Å²) in [4.78, 5) is 13.8. The third kappa shape index (κ3) is 2.00. The van der Waals surface area contributed by atoms with Crippen molar-refractivity contribution in [3.63, 3.8) is 0 Å². The zero-order valence-corrected chi connectivity index (χ0v) is 9.37. The molecule has 1 aliphatic rings. The molecule has 0 unspecified atom stereocenters. The Balaban J connectivity index is 2.07. The fourth-order valence-electron chi connectivity index (χ4n) is 1.48. The smallest absolute Gasteiger partial charge is 0.257 e. The van der Waals surface area contributed by atoms with Gasteiger partial charge in [0, 0.05) is 17.9 Å². The number of alkyl halides is 1. The third-order valence-electron chi connectivity index (χ3n) is 2.34. The first-order valence-electron chi connectivity index (χ1n) is 4.72. The van der Waals surface area contributed by atoms with Crippen molar-refractivity contribution in [3.8, 4) is 0 Å². The SMILES string of the molecule is O=C(c1ccoc1)N(CCBr)C1CC1. The third-order valence-corrected chi connectivity index (χ3v) is 2.70. The van der Waals surface area contributed by atoms with Crippen LogP contribution < -0.4 is 0 Å². The molecular formula is C10H12BrNO2. The van der Waals surface area contributed by atoms with Crippen LogP contribution in [-0.4, -0.2) is 28.7 Å². The minimum absolute atomic E-state index is 0.0840. The maximum atomic E-state index is 11.9. The van der Waals surface area contributed by atoms with Crippen LogP contribution in [0.3, 0.4) is 0 Å². The molecule has 1 aromatic rings. The molecule has 0 aliphatic heterocycles. The molecule has 76 valence electrons. The molecular weight excluding hydrogens is 246 g/mol. The van der Waals surface area contributed by atoms with Gasteiger partial charge in [0.25, 0.3) is 5.91 Å². The van der Waals surface area contributed by atoms with Crippen molar-refractivity contribution in [2.45, 2.75) is 18.9 Å². The summed E-state index contributed by atoms with van der Waals surface area (Å²) in [5, 5.41) is 0.826. The number of rotatable bonds is 4. The van der Waals surface area contributed by atoms with Gasteiger partial charge in [-0.2, -0.15) is 0 Å². The van der Waals surface area contributed by atoms with Crippen LogP contribution in [0.5, 0.6) is 0 Å². The Labute approximate surface area is 91.2 Å². The summed E-state index contributed by atoms with van der Waals surface area (Å²) in [5.41, 5.74) is 0.651. The van der Waals surface area contributed by atoms with E-state index in [0.29, 0.717) is 11.6 Å². The minimum atomic E-state index is 0.0840. The zero-order chi connectivity index (χ0) is 9.97. The van der Waals surface area contributed by atoms with Gasteiger partial charge in [-0.1, -0.05) is 15.9 Å². The Kier molecular flexibility index (Phi) is 2.91. The molecule has 0 N–H and O–H groups in total. The van der Waals surface area contributed by atoms with E-state index in [1.807, 2.05) is 4.90 Å². The van der Waals surface area contributed by atoms with Crippen molar-refractivity contribution < 1.29 is 9.21 Å². The highest BCUT2D eigenvalue weighted by Crippen LogP contribution is 2.28. The molecule has 1 amide bonds. The molecule has 0 atom stereocenters. The first kappa shape index (κ1) is 9.77. The number of furan rings is 1. The van der Waals surface area contributed by atoms with E-state index >= 15 is 0 Å². The predicted molar refractivity (Wildman–Crippen MR) is 56.6 cm³/mol. The fourth-order valence-corrected chi connectivity index (χ4v) is 1.86. The van der Waals surface area contributed by atoms with Gasteiger partial charge < -0.3 is 9.32 Å². The second-order valence-electron chi connectivity index (χ2n) is 3.43. The van der Waals surface area contributed by atoms with Crippen LogP contribution in [-0.2, 0) is 0 Å². The van der Waals surface area contributed by atoms with E-state index in [1.165, 1.54) is 12.5 Å². The molecule has 0 spiro atoms. The monoisotopic (exact) mass is 257 g/mol. The van der Waals surface area contributed by atoms with E-state index in [0.717, 1.165) is 24.7 Å². The lowest BCUT2D eigenvalue weighted by Gasteiger charge is -2.20. The van der Waals surface area contributed by atoms with Crippen LogP contribution in [0.4, 0.5) is 0 Å². The summed E-state index contributed by atoms with van der Waals surface area (Å²) < 4.78 is 4.90. The molecule has 14 heavy (non-hydrogen) atoms. The molecule has 1 heterocycles. The topological polar surface area (TPSA) is 33.5 Å². The minimum Gasteiger partial charge on any atom is -0.472 e. The Hall–Kier alpha value is -0.770. The number of nitrogens with zero attached hydrogens (tertiary/aromatic N) is 1. The standard InChI is InChI=1S/C10H12BrNO2/c11-4-5-12(9-1-2-9)10(13)8-3-6-14-7-8/h3,6-7,9H,1-2,4-5H2. The van der Waals surface area contributed by atoms with Crippen molar-refractivity contribution in [1.82, 2.24) is 4.90 Å². The number of hydrogen-bond donors (Lipinski definition) is 0. The summed E-state index contributed by atoms with van der Waals surface area (Å²) in [7, 11) is 0. The first-order valence-corrected chi connectivity index (χ1v) is 5.84. The summed E-state index contributed by atoms with van der Waals surface area (Å²) in [6.07, 6.45) is 5.31. The molecule has 0 radical (unpaired) electrons. The van der Waals surface area contributed by atoms with Crippen LogP contribution in [0, 0.1) is 0 Å². The van der Waals surface area contributed by atoms with Gasteiger partial charge in [0.1, 0.15) is 6.26 Å².